The van der Waals surface area contributed by atoms with Crippen molar-refractivity contribution >= 4 is 17.7 Å². The molecule has 42 heavy (non-hydrogen) atoms. The van der Waals surface area contributed by atoms with Crippen LogP contribution in [0, 0.1) is 5.82 Å². The number of nitrogens with one attached hydrogen (secondary N) is 2. The number of aliphatic carboxylic acids is 1. The lowest BCUT2D eigenvalue weighted by atomic mass is 9.95. The molecule has 0 saturated heterocycles. The average molecular weight is 590 g/mol. The first kappa shape index (κ1) is 31.6. The molecule has 3 N–H and O–H groups in total. The number of anilines is 1. The summed E-state index contributed by atoms with van der Waals surface area (Å²) >= 11 is 0. The summed E-state index contributed by atoms with van der Waals surface area (Å²) in [7, 11) is 2.83. The van der Waals surface area contributed by atoms with Gasteiger partial charge in [-0.3, -0.25) is 4.79 Å². The van der Waals surface area contributed by atoms with Gasteiger partial charge in [0, 0.05) is 38.0 Å². The zero-order valence-electron chi connectivity index (χ0n) is 24.3. The lowest BCUT2D eigenvalue weighted by Gasteiger charge is -2.27. The summed E-state index contributed by atoms with van der Waals surface area (Å²) in [5.41, 5.74) is 1.49. The first-order valence-electron chi connectivity index (χ1n) is 14.6. The van der Waals surface area contributed by atoms with E-state index in [0.717, 1.165) is 56.4 Å². The summed E-state index contributed by atoms with van der Waals surface area (Å²) in [6, 6.07) is 4.24. The zero-order valence-corrected chi connectivity index (χ0v) is 24.3. The smallest absolute Gasteiger partial charge is 0.326 e. The van der Waals surface area contributed by atoms with Crippen molar-refractivity contribution in [2.45, 2.75) is 68.9 Å². The number of hydrogen-bond donors (Lipinski definition) is 3. The molecular formula is C30H41F2N5O5. The van der Waals surface area contributed by atoms with Crippen LogP contribution in [0.5, 0.6) is 5.88 Å². The second-order valence-corrected chi connectivity index (χ2v) is 11.1. The van der Waals surface area contributed by atoms with E-state index >= 15 is 0 Å². The van der Waals surface area contributed by atoms with Gasteiger partial charge >= 0.3 is 5.97 Å². The summed E-state index contributed by atoms with van der Waals surface area (Å²) in [5.74, 6) is -1.18. The Bertz CT molecular complexity index is 1220. The Balaban J connectivity index is 1.34. The molecule has 3 heterocycles. The number of nitrogens with zero attached hydrogens (tertiary/aromatic N) is 3. The van der Waals surface area contributed by atoms with E-state index in [1.54, 1.807) is 0 Å². The summed E-state index contributed by atoms with van der Waals surface area (Å²) in [6.45, 7) is 1.49. The molecule has 1 saturated carbocycles. The molecule has 0 radical (unpaired) electrons. The van der Waals surface area contributed by atoms with Crippen molar-refractivity contribution in [1.29, 1.82) is 0 Å². The maximum Gasteiger partial charge on any atom is 0.326 e. The molecule has 4 rings (SSSR count). The predicted octanol–water partition coefficient (Wildman–Crippen LogP) is 3.28. The lowest BCUT2D eigenvalue weighted by Crippen LogP contribution is -2.47. The van der Waals surface area contributed by atoms with Gasteiger partial charge in [0.15, 0.2) is 0 Å². The Morgan fingerprint density at radius 2 is 2.05 bits per heavy atom. The van der Waals surface area contributed by atoms with Gasteiger partial charge in [0.2, 0.25) is 11.8 Å². The molecule has 1 aliphatic heterocycles. The van der Waals surface area contributed by atoms with Crippen LogP contribution < -0.4 is 15.4 Å². The number of pyridine rings is 2. The third-order valence-electron chi connectivity index (χ3n) is 8.13. The van der Waals surface area contributed by atoms with E-state index in [2.05, 4.69) is 27.8 Å². The Morgan fingerprint density at radius 1 is 1.24 bits per heavy atom. The van der Waals surface area contributed by atoms with Crippen LogP contribution in [0.15, 0.2) is 24.4 Å². The maximum atomic E-state index is 14.0. The predicted molar refractivity (Wildman–Crippen MR) is 153 cm³/mol. The number of alkyl halides is 1. The number of carboxylic acids is 1. The fourth-order valence-corrected chi connectivity index (χ4v) is 5.46. The lowest BCUT2D eigenvalue weighted by molar-refractivity contribution is -0.142. The molecule has 230 valence electrons. The molecule has 2 atom stereocenters. The molecule has 0 unspecified atom stereocenters. The number of aromatic nitrogens is 2. The SMILES string of the molecule is COc1ncc(F)cc1C1(C(=O)N[C@@H](CCN(CCCCc2ccc3c(n2)NCCC3)C[C@@H](CF)OC)C(=O)O)CC1. The number of hydrogen-bond acceptors (Lipinski definition) is 8. The largest absolute Gasteiger partial charge is 0.481 e. The number of ether oxygens (including phenoxy) is 2. The summed E-state index contributed by atoms with van der Waals surface area (Å²) in [6.07, 6.45) is 5.95. The molecule has 12 heteroatoms. The van der Waals surface area contributed by atoms with Gasteiger partial charge in [-0.25, -0.2) is 23.5 Å². The Morgan fingerprint density at radius 3 is 2.74 bits per heavy atom. The minimum atomic E-state index is -1.18. The van der Waals surface area contributed by atoms with Crippen LogP contribution >= 0.6 is 0 Å². The van der Waals surface area contributed by atoms with Gasteiger partial charge in [-0.15, -0.1) is 0 Å². The van der Waals surface area contributed by atoms with Gasteiger partial charge in [0.05, 0.1) is 24.8 Å². The molecule has 2 aromatic heterocycles. The number of carbonyl (C=O) groups excluding carboxylic acids is 1. The summed E-state index contributed by atoms with van der Waals surface area (Å²) in [5, 5.41) is 15.9. The van der Waals surface area contributed by atoms with E-state index in [0.29, 0.717) is 38.0 Å². The molecule has 2 aromatic rings. The van der Waals surface area contributed by atoms with Gasteiger partial charge in [0.1, 0.15) is 24.4 Å². The van der Waals surface area contributed by atoms with Crippen molar-refractivity contribution in [3.8, 4) is 5.88 Å². The molecule has 2 aliphatic rings. The number of carbonyl (C=O) groups is 2. The molecule has 1 amide bonds. The Hall–Kier alpha value is -3.38. The highest BCUT2D eigenvalue weighted by atomic mass is 19.1. The quantitative estimate of drug-likeness (QED) is 0.238. The van der Waals surface area contributed by atoms with Crippen LogP contribution in [0.2, 0.25) is 0 Å². The number of amides is 1. The van der Waals surface area contributed by atoms with Gasteiger partial charge in [-0.2, -0.15) is 0 Å². The van der Waals surface area contributed by atoms with Gasteiger partial charge < -0.3 is 30.1 Å². The number of fused-ring (bicyclic) bond motifs is 1. The van der Waals surface area contributed by atoms with Gasteiger partial charge in [0.25, 0.3) is 0 Å². The number of carboxylic acid groups (broad SMARTS) is 1. The summed E-state index contributed by atoms with van der Waals surface area (Å²) in [4.78, 5) is 36.1. The van der Waals surface area contributed by atoms with Crippen LogP contribution in [-0.2, 0) is 32.6 Å². The molecule has 1 aliphatic carbocycles. The molecule has 10 nitrogen and oxygen atoms in total. The third kappa shape index (κ3) is 7.91. The first-order chi connectivity index (χ1) is 20.3. The van der Waals surface area contributed by atoms with E-state index in [1.807, 2.05) is 4.90 Å². The van der Waals surface area contributed by atoms with Crippen molar-refractivity contribution in [1.82, 2.24) is 20.2 Å². The van der Waals surface area contributed by atoms with Crippen LogP contribution in [0.4, 0.5) is 14.6 Å². The number of methoxy groups -OCH3 is 2. The van der Waals surface area contributed by atoms with Crippen LogP contribution in [0.3, 0.4) is 0 Å². The maximum absolute atomic E-state index is 14.0. The van der Waals surface area contributed by atoms with Gasteiger partial charge in [-0.05, 0) is 75.6 Å². The van der Waals surface area contributed by atoms with Crippen molar-refractivity contribution in [3.63, 3.8) is 0 Å². The van der Waals surface area contributed by atoms with E-state index in [1.165, 1.54) is 25.8 Å². The van der Waals surface area contributed by atoms with Crippen LogP contribution in [0.1, 0.15) is 55.3 Å². The van der Waals surface area contributed by atoms with E-state index < -0.39 is 41.9 Å². The fourth-order valence-electron chi connectivity index (χ4n) is 5.46. The molecule has 1 fully saturated rings. The van der Waals surface area contributed by atoms with E-state index in [-0.39, 0.29) is 12.3 Å². The Labute approximate surface area is 245 Å². The monoisotopic (exact) mass is 589 g/mol. The second kappa shape index (κ2) is 14.7. The minimum Gasteiger partial charge on any atom is -0.481 e. The van der Waals surface area contributed by atoms with E-state index in [9.17, 15) is 23.5 Å². The number of rotatable bonds is 17. The van der Waals surface area contributed by atoms with E-state index in [4.69, 9.17) is 14.5 Å². The average Bonchev–Trinajstić information content (AvgIpc) is 3.81. The standard InChI is InChI=1S/C30H41F2N5O5/c1-41-23(17-31)19-37(14-4-3-7-22-9-8-20-6-5-13-33-26(20)35-22)15-10-25(28(38)39)36-29(40)30(11-12-30)24-16-21(32)18-34-27(24)42-2/h8-9,16,18,23,25H,3-7,10-15,17,19H2,1-2H3,(H,33,35)(H,36,40)(H,38,39)/t23-,25+/m1/s1. The first-order valence-corrected chi connectivity index (χ1v) is 14.6. The number of aryl methyl sites for hydroxylation is 2. The third-order valence-corrected chi connectivity index (χ3v) is 8.13. The molecular weight excluding hydrogens is 548 g/mol. The van der Waals surface area contributed by atoms with Crippen molar-refractivity contribution < 1.29 is 33.0 Å². The Kier molecular flexibility index (Phi) is 11.0. The minimum absolute atomic E-state index is 0.108. The number of unbranched alkanes of at least 4 members (excludes halogenated alkanes) is 1. The molecule has 0 aromatic carbocycles. The highest BCUT2D eigenvalue weighted by molar-refractivity contribution is 5.94. The summed E-state index contributed by atoms with van der Waals surface area (Å²) < 4.78 is 37.9. The van der Waals surface area contributed by atoms with Gasteiger partial charge in [-0.1, -0.05) is 6.07 Å². The van der Waals surface area contributed by atoms with Crippen molar-refractivity contribution in [2.24, 2.45) is 0 Å². The molecule has 0 bridgehead atoms. The topological polar surface area (TPSA) is 126 Å². The van der Waals surface area contributed by atoms with Crippen LogP contribution in [0.25, 0.3) is 0 Å². The normalized spacial score (nSPS) is 16.7. The highest BCUT2D eigenvalue weighted by Gasteiger charge is 2.54. The van der Waals surface area contributed by atoms with Crippen LogP contribution in [-0.4, -0.2) is 91.1 Å². The fraction of sp³-hybridized carbons (Fsp3) is 0.600. The zero-order chi connectivity index (χ0) is 30.1. The number of halogens is 2. The van der Waals surface area contributed by atoms with Crippen molar-refractivity contribution in [2.75, 3.05) is 52.4 Å². The molecule has 0 spiro atoms. The highest BCUT2D eigenvalue weighted by Crippen LogP contribution is 2.51. The second-order valence-electron chi connectivity index (χ2n) is 11.1. The van der Waals surface area contributed by atoms with Crippen molar-refractivity contribution in [3.05, 3.63) is 47.0 Å².